The van der Waals surface area contributed by atoms with Gasteiger partial charge in [0.05, 0.1) is 5.69 Å². The number of nitrogens with one attached hydrogen (secondary N) is 2. The first kappa shape index (κ1) is 19.1. The maximum Gasteiger partial charge on any atom is 0.573 e. The van der Waals surface area contributed by atoms with Gasteiger partial charge in [0.15, 0.2) is 5.82 Å². The Hall–Kier alpha value is -3.20. The molecule has 2 aromatic heterocycles. The third kappa shape index (κ3) is 4.80. The number of aromatic nitrogens is 3. The Balaban J connectivity index is 1.55. The molecule has 6 nitrogen and oxygen atoms in total. The molecule has 2 N–H and O–H groups in total. The van der Waals surface area contributed by atoms with Gasteiger partial charge in [0.25, 0.3) is 0 Å². The van der Waals surface area contributed by atoms with Gasteiger partial charge < -0.3 is 15.4 Å². The van der Waals surface area contributed by atoms with Crippen molar-refractivity contribution >= 4 is 5.82 Å². The first-order chi connectivity index (χ1) is 14.0. The molecule has 0 saturated heterocycles. The molecule has 4 rings (SSSR count). The van der Waals surface area contributed by atoms with Crippen LogP contribution in [0, 0.1) is 0 Å². The number of halogens is 3. The molecule has 0 radical (unpaired) electrons. The Morgan fingerprint density at radius 3 is 2.52 bits per heavy atom. The lowest BCUT2D eigenvalue weighted by molar-refractivity contribution is -0.274. The fourth-order valence-corrected chi connectivity index (χ4v) is 3.13. The van der Waals surface area contributed by atoms with Crippen molar-refractivity contribution in [2.75, 3.05) is 11.9 Å². The highest BCUT2D eigenvalue weighted by Crippen LogP contribution is 2.26. The van der Waals surface area contributed by atoms with Crippen LogP contribution in [0.5, 0.6) is 5.75 Å². The number of fused-ring (bicyclic) bond motifs is 1. The van der Waals surface area contributed by atoms with Crippen molar-refractivity contribution in [3.63, 3.8) is 0 Å². The third-order valence-corrected chi connectivity index (χ3v) is 4.49. The minimum atomic E-state index is -4.70. The molecule has 0 aliphatic carbocycles. The number of pyridine rings is 1. The van der Waals surface area contributed by atoms with Gasteiger partial charge in [-0.25, -0.2) is 9.97 Å². The molecule has 0 atom stereocenters. The zero-order valence-corrected chi connectivity index (χ0v) is 15.3. The van der Waals surface area contributed by atoms with Gasteiger partial charge in [-0.05, 0) is 42.8 Å². The lowest BCUT2D eigenvalue weighted by atomic mass is 10.1. The second kappa shape index (κ2) is 8.04. The molecular formula is C20H18F3N5O. The Morgan fingerprint density at radius 2 is 1.79 bits per heavy atom. The minimum absolute atomic E-state index is 0.244. The molecule has 3 aromatic rings. The number of hydrogen-bond acceptors (Lipinski definition) is 6. The number of hydrogen-bond donors (Lipinski definition) is 2. The summed E-state index contributed by atoms with van der Waals surface area (Å²) >= 11 is 0. The van der Waals surface area contributed by atoms with Crippen LogP contribution in [0.2, 0.25) is 0 Å². The second-order valence-electron chi connectivity index (χ2n) is 6.53. The summed E-state index contributed by atoms with van der Waals surface area (Å²) in [7, 11) is 0. The number of ether oxygens (including phenoxy) is 1. The van der Waals surface area contributed by atoms with Crippen LogP contribution in [0.3, 0.4) is 0 Å². The van der Waals surface area contributed by atoms with Crippen LogP contribution in [0.4, 0.5) is 19.0 Å². The summed E-state index contributed by atoms with van der Waals surface area (Å²) in [6.45, 7) is 1.91. The van der Waals surface area contributed by atoms with Crippen LogP contribution in [0.1, 0.15) is 16.8 Å². The van der Waals surface area contributed by atoms with Crippen molar-refractivity contribution in [2.45, 2.75) is 25.9 Å². The molecule has 1 aliphatic heterocycles. The summed E-state index contributed by atoms with van der Waals surface area (Å²) in [5.74, 6) is 1.09. The van der Waals surface area contributed by atoms with Crippen LogP contribution in [0.15, 0.2) is 48.8 Å². The van der Waals surface area contributed by atoms with Gasteiger partial charge in [0, 0.05) is 36.6 Å². The summed E-state index contributed by atoms with van der Waals surface area (Å²) in [5.41, 5.74) is 3.67. The second-order valence-corrected chi connectivity index (χ2v) is 6.53. The third-order valence-electron chi connectivity index (χ3n) is 4.49. The highest BCUT2D eigenvalue weighted by Gasteiger charge is 2.30. The fourth-order valence-electron chi connectivity index (χ4n) is 3.13. The van der Waals surface area contributed by atoms with Gasteiger partial charge in [0.1, 0.15) is 11.6 Å². The Kier molecular flexibility index (Phi) is 5.30. The average Bonchev–Trinajstić information content (AvgIpc) is 2.72. The lowest BCUT2D eigenvalue weighted by Gasteiger charge is -2.21. The van der Waals surface area contributed by atoms with Crippen LogP contribution >= 0.6 is 0 Å². The molecule has 1 aromatic carbocycles. The summed E-state index contributed by atoms with van der Waals surface area (Å²) in [5, 5.41) is 6.62. The molecule has 0 saturated carbocycles. The highest BCUT2D eigenvalue weighted by atomic mass is 19.4. The smallest absolute Gasteiger partial charge is 0.406 e. The number of nitrogens with zero attached hydrogens (tertiary/aromatic N) is 3. The molecule has 29 heavy (non-hydrogen) atoms. The van der Waals surface area contributed by atoms with Gasteiger partial charge in [-0.2, -0.15) is 0 Å². The van der Waals surface area contributed by atoms with Crippen LogP contribution in [-0.2, 0) is 19.5 Å². The van der Waals surface area contributed by atoms with E-state index in [1.165, 1.54) is 12.1 Å². The van der Waals surface area contributed by atoms with E-state index in [9.17, 15) is 13.2 Å². The topological polar surface area (TPSA) is 72.0 Å². The summed E-state index contributed by atoms with van der Waals surface area (Å²) in [6, 6.07) is 9.47. The van der Waals surface area contributed by atoms with Gasteiger partial charge in [-0.15, -0.1) is 13.2 Å². The average molecular weight is 401 g/mol. The molecule has 0 fully saturated rings. The monoisotopic (exact) mass is 401 g/mol. The van der Waals surface area contributed by atoms with E-state index in [2.05, 4.69) is 30.3 Å². The largest absolute Gasteiger partial charge is 0.573 e. The molecule has 150 valence electrons. The maximum atomic E-state index is 12.3. The SMILES string of the molecule is FC(F)(F)Oc1ccc(CNc2nc(-c3ccncc3)nc3c2CCNC3)cc1. The predicted octanol–water partition coefficient (Wildman–Crippen LogP) is 3.70. The number of benzene rings is 1. The van der Waals surface area contributed by atoms with E-state index in [-0.39, 0.29) is 5.75 Å². The molecule has 9 heteroatoms. The molecule has 1 aliphatic rings. The number of alkyl halides is 3. The van der Waals surface area contributed by atoms with Gasteiger partial charge in [-0.1, -0.05) is 12.1 Å². The van der Waals surface area contributed by atoms with E-state index >= 15 is 0 Å². The standard InChI is InChI=1S/C20H18F3N5O/c21-20(22,23)29-15-3-1-13(2-4-15)11-26-19-16-7-10-25-12-17(16)27-18(28-19)14-5-8-24-9-6-14/h1-6,8-9,25H,7,10-12H2,(H,26,27,28). The normalized spacial score (nSPS) is 13.6. The molecule has 0 bridgehead atoms. The number of rotatable bonds is 5. The molecule has 0 unspecified atom stereocenters. The van der Waals surface area contributed by atoms with Crippen LogP contribution < -0.4 is 15.4 Å². The van der Waals surface area contributed by atoms with E-state index in [1.54, 1.807) is 24.5 Å². The quantitative estimate of drug-likeness (QED) is 0.679. The zero-order chi connectivity index (χ0) is 20.3. The Bertz CT molecular complexity index is 978. The fraction of sp³-hybridized carbons (Fsp3) is 0.250. The highest BCUT2D eigenvalue weighted by molar-refractivity contribution is 5.60. The first-order valence-corrected chi connectivity index (χ1v) is 9.07. The maximum absolute atomic E-state index is 12.3. The van der Waals surface area contributed by atoms with E-state index < -0.39 is 6.36 Å². The summed E-state index contributed by atoms with van der Waals surface area (Å²) < 4.78 is 40.8. The van der Waals surface area contributed by atoms with Crippen molar-refractivity contribution in [3.05, 3.63) is 65.6 Å². The van der Waals surface area contributed by atoms with Gasteiger partial charge in [-0.3, -0.25) is 4.98 Å². The van der Waals surface area contributed by atoms with Crippen molar-refractivity contribution < 1.29 is 17.9 Å². The predicted molar refractivity (Wildman–Crippen MR) is 101 cm³/mol. The van der Waals surface area contributed by atoms with Crippen molar-refractivity contribution in [1.82, 2.24) is 20.3 Å². The lowest BCUT2D eigenvalue weighted by Crippen LogP contribution is -2.26. The zero-order valence-electron chi connectivity index (χ0n) is 15.3. The Morgan fingerprint density at radius 1 is 1.03 bits per heavy atom. The van der Waals surface area contributed by atoms with Crippen molar-refractivity contribution in [2.24, 2.45) is 0 Å². The first-order valence-electron chi connectivity index (χ1n) is 9.07. The van der Waals surface area contributed by atoms with Gasteiger partial charge in [0.2, 0.25) is 0 Å². The van der Waals surface area contributed by atoms with Crippen LogP contribution in [-0.4, -0.2) is 27.9 Å². The van der Waals surface area contributed by atoms with E-state index in [4.69, 9.17) is 0 Å². The molecule has 0 spiro atoms. The van der Waals surface area contributed by atoms with Crippen molar-refractivity contribution in [3.8, 4) is 17.1 Å². The Labute approximate surface area is 165 Å². The molecule has 0 amide bonds. The number of anilines is 1. The van der Waals surface area contributed by atoms with E-state index in [0.717, 1.165) is 41.2 Å². The van der Waals surface area contributed by atoms with Gasteiger partial charge >= 0.3 is 6.36 Å². The summed E-state index contributed by atoms with van der Waals surface area (Å²) in [4.78, 5) is 13.4. The van der Waals surface area contributed by atoms with E-state index in [0.29, 0.717) is 18.9 Å². The summed E-state index contributed by atoms with van der Waals surface area (Å²) in [6.07, 6.45) is -0.522. The van der Waals surface area contributed by atoms with Crippen molar-refractivity contribution in [1.29, 1.82) is 0 Å². The molecular weight excluding hydrogens is 383 g/mol. The van der Waals surface area contributed by atoms with Crippen LogP contribution in [0.25, 0.3) is 11.4 Å². The molecule has 3 heterocycles. The minimum Gasteiger partial charge on any atom is -0.406 e. The van der Waals surface area contributed by atoms with E-state index in [1.807, 2.05) is 12.1 Å².